The number of benzene rings is 3. The number of nitrogens with zero attached hydrogens (tertiary/aromatic N) is 5. The van der Waals surface area contributed by atoms with Gasteiger partial charge in [-0.05, 0) is 104 Å². The molecule has 3 fully saturated rings. The van der Waals surface area contributed by atoms with Crippen molar-refractivity contribution in [1.82, 2.24) is 25.0 Å². The molecule has 5 aliphatic rings. The third kappa shape index (κ3) is 8.63. The lowest BCUT2D eigenvalue weighted by atomic mass is 9.70. The average molecular weight is 882 g/mol. The number of anilines is 1. The minimum Gasteiger partial charge on any atom is -0.371 e. The third-order valence-corrected chi connectivity index (χ3v) is 16.1. The molecule has 2 N–H and O–H groups in total. The van der Waals surface area contributed by atoms with Crippen molar-refractivity contribution in [1.29, 1.82) is 5.26 Å². The number of piperazine rings is 1. The van der Waals surface area contributed by atoms with Crippen molar-refractivity contribution in [3.05, 3.63) is 93.2 Å². The van der Waals surface area contributed by atoms with Gasteiger partial charge in [0.2, 0.25) is 11.8 Å². The molecule has 0 spiro atoms. The van der Waals surface area contributed by atoms with Crippen LogP contribution in [-0.4, -0.2) is 107 Å². The molecule has 0 bridgehead atoms. The number of fused-ring (bicyclic) bond motifs is 5. The second kappa shape index (κ2) is 18.9. The summed E-state index contributed by atoms with van der Waals surface area (Å²) in [5.41, 5.74) is 8.90. The summed E-state index contributed by atoms with van der Waals surface area (Å²) in [6, 6.07) is 18.3. The highest BCUT2D eigenvalue weighted by molar-refractivity contribution is 7.99. The van der Waals surface area contributed by atoms with E-state index in [4.69, 9.17) is 0 Å². The summed E-state index contributed by atoms with van der Waals surface area (Å²) in [7, 11) is 0. The molecule has 4 aromatic rings. The van der Waals surface area contributed by atoms with E-state index in [9.17, 15) is 24.4 Å². The Balaban J connectivity index is 0.668. The minimum atomic E-state index is -0.575. The van der Waals surface area contributed by atoms with Gasteiger partial charge < -0.3 is 19.7 Å². The quantitative estimate of drug-likeness (QED) is 0.0687. The van der Waals surface area contributed by atoms with E-state index in [1.165, 1.54) is 56.3 Å². The van der Waals surface area contributed by atoms with E-state index in [0.717, 1.165) is 114 Å². The Morgan fingerprint density at radius 3 is 2.33 bits per heavy atom. The third-order valence-electron chi connectivity index (χ3n) is 14.9. The Labute approximate surface area is 382 Å². The van der Waals surface area contributed by atoms with Gasteiger partial charge in [0.25, 0.3) is 5.91 Å². The predicted molar refractivity (Wildman–Crippen MR) is 253 cm³/mol. The summed E-state index contributed by atoms with van der Waals surface area (Å²) in [6.07, 6.45) is 12.6. The normalized spacial score (nSPS) is 20.4. The zero-order chi connectivity index (χ0) is 44.5. The van der Waals surface area contributed by atoms with Gasteiger partial charge in [0.15, 0.2) is 5.78 Å². The van der Waals surface area contributed by atoms with Crippen LogP contribution in [0.1, 0.15) is 146 Å². The Morgan fingerprint density at radius 2 is 1.59 bits per heavy atom. The number of unbranched alkanes of at least 4 members (excludes halogenated alkanes) is 6. The first kappa shape index (κ1) is 44.3. The number of aryl methyl sites for hydroxylation is 1. The van der Waals surface area contributed by atoms with Gasteiger partial charge >= 0.3 is 0 Å². The molecule has 12 heteroatoms. The Hall–Kier alpha value is -4.96. The number of H-pyrrole nitrogens is 1. The van der Waals surface area contributed by atoms with E-state index in [1.54, 1.807) is 11.0 Å². The molecule has 0 radical (unpaired) electrons. The highest BCUT2D eigenvalue weighted by atomic mass is 32.2. The molecule has 9 rings (SSSR count). The van der Waals surface area contributed by atoms with Crippen molar-refractivity contribution in [2.45, 2.75) is 127 Å². The van der Waals surface area contributed by atoms with Crippen LogP contribution in [0.5, 0.6) is 0 Å². The number of hydrogen-bond donors (Lipinski definition) is 2. The van der Waals surface area contributed by atoms with Crippen molar-refractivity contribution in [3.63, 3.8) is 0 Å². The first-order chi connectivity index (χ1) is 31.0. The lowest BCUT2D eigenvalue weighted by Crippen LogP contribution is -2.53. The summed E-state index contributed by atoms with van der Waals surface area (Å²) in [5, 5.41) is 12.8. The molecule has 1 aliphatic carbocycles. The smallest absolute Gasteiger partial charge is 0.255 e. The van der Waals surface area contributed by atoms with E-state index in [2.05, 4.69) is 70.0 Å². The summed E-state index contributed by atoms with van der Waals surface area (Å²) >= 11 is 1.82. The standard InChI is InChI=1S/C52H63N7O4S/c1-4-35-30-39-41(52(2,3)49-47(48(39)61)38-16-15-34(32-53)29-42(38)54-49)31-44(35)58-22-19-36(20-23-58)57-26-24-56(25-27-57)21-10-8-6-5-7-9-11-28-64-45-14-12-13-37-40(45)33-59(51(37)63)43-17-18-46(60)55-50(43)62/h12-16,29-31,36,43,54H,4-11,17-28,33H2,1-3H3,(H,55,60,62). The molecule has 3 amide bonds. The molecule has 1 unspecified atom stereocenters. The molecule has 4 aliphatic heterocycles. The summed E-state index contributed by atoms with van der Waals surface area (Å²) < 4.78 is 0. The van der Waals surface area contributed by atoms with E-state index in [0.29, 0.717) is 30.1 Å². The van der Waals surface area contributed by atoms with Gasteiger partial charge in [0, 0.05) is 102 Å². The number of piperidine rings is 2. The monoisotopic (exact) mass is 881 g/mol. The topological polar surface area (TPSA) is 133 Å². The molecule has 64 heavy (non-hydrogen) atoms. The van der Waals surface area contributed by atoms with Gasteiger partial charge in [-0.2, -0.15) is 5.26 Å². The van der Waals surface area contributed by atoms with Crippen LogP contribution in [0.3, 0.4) is 0 Å². The molecular formula is C52H63N7O4S. The maximum atomic E-state index is 14.1. The zero-order valence-electron chi connectivity index (χ0n) is 37.9. The maximum absolute atomic E-state index is 14.1. The highest BCUT2D eigenvalue weighted by Gasteiger charge is 2.42. The van der Waals surface area contributed by atoms with Crippen molar-refractivity contribution in [3.8, 4) is 6.07 Å². The number of ketones is 1. The molecule has 336 valence electrons. The second-order valence-electron chi connectivity index (χ2n) is 19.2. The van der Waals surface area contributed by atoms with E-state index >= 15 is 0 Å². The van der Waals surface area contributed by atoms with Crippen LogP contribution in [-0.2, 0) is 28.0 Å². The Morgan fingerprint density at radius 1 is 0.844 bits per heavy atom. The number of imide groups is 1. The fraction of sp³-hybridized carbons (Fsp3) is 0.519. The Bertz CT molecular complexity index is 2490. The van der Waals surface area contributed by atoms with Gasteiger partial charge in [-0.25, -0.2) is 0 Å². The number of amides is 3. The fourth-order valence-corrected chi connectivity index (χ4v) is 12.3. The lowest BCUT2D eigenvalue weighted by molar-refractivity contribution is -0.136. The molecule has 11 nitrogen and oxygen atoms in total. The summed E-state index contributed by atoms with van der Waals surface area (Å²) in [5.74, 6) is 0.368. The molecule has 0 saturated carbocycles. The molecular weight excluding hydrogens is 819 g/mol. The number of carbonyl (C=O) groups is 4. The van der Waals surface area contributed by atoms with Crippen molar-refractivity contribution in [2.75, 3.05) is 56.5 Å². The van der Waals surface area contributed by atoms with Crippen molar-refractivity contribution in [2.24, 2.45) is 0 Å². The van der Waals surface area contributed by atoms with Gasteiger partial charge in [-0.15, -0.1) is 11.8 Å². The first-order valence-electron chi connectivity index (χ1n) is 23.9. The fourth-order valence-electron chi connectivity index (χ4n) is 11.2. The van der Waals surface area contributed by atoms with Crippen molar-refractivity contribution >= 4 is 51.9 Å². The van der Waals surface area contributed by atoms with Crippen LogP contribution in [0, 0.1) is 11.3 Å². The van der Waals surface area contributed by atoms with Gasteiger partial charge in [0.05, 0.1) is 17.2 Å². The number of thioether (sulfide) groups is 1. The number of nitrogens with one attached hydrogen (secondary N) is 2. The zero-order valence-corrected chi connectivity index (χ0v) is 38.7. The minimum absolute atomic E-state index is 0.0794. The van der Waals surface area contributed by atoms with Gasteiger partial charge in [0.1, 0.15) is 6.04 Å². The molecule has 5 heterocycles. The number of aromatic nitrogens is 1. The summed E-state index contributed by atoms with van der Waals surface area (Å²) in [6.45, 7) is 15.0. The maximum Gasteiger partial charge on any atom is 0.255 e. The van der Waals surface area contributed by atoms with E-state index in [-0.39, 0.29) is 35.3 Å². The van der Waals surface area contributed by atoms with Gasteiger partial charge in [-0.3, -0.25) is 29.4 Å². The molecule has 3 aromatic carbocycles. The van der Waals surface area contributed by atoms with Crippen LogP contribution in [0.2, 0.25) is 0 Å². The first-order valence-corrected chi connectivity index (χ1v) is 24.9. The van der Waals surface area contributed by atoms with Gasteiger partial charge in [-0.1, -0.05) is 65.0 Å². The van der Waals surface area contributed by atoms with E-state index in [1.807, 2.05) is 36.0 Å². The predicted octanol–water partition coefficient (Wildman–Crippen LogP) is 8.34. The molecule has 3 saturated heterocycles. The second-order valence-corrected chi connectivity index (χ2v) is 20.3. The largest absolute Gasteiger partial charge is 0.371 e. The van der Waals surface area contributed by atoms with Crippen LogP contribution in [0.4, 0.5) is 5.69 Å². The van der Waals surface area contributed by atoms with Crippen molar-refractivity contribution < 1.29 is 19.2 Å². The van der Waals surface area contributed by atoms with Crippen LogP contribution < -0.4 is 10.2 Å². The number of carbonyl (C=O) groups excluding carboxylic acids is 4. The van der Waals surface area contributed by atoms with Crippen LogP contribution >= 0.6 is 11.8 Å². The van der Waals surface area contributed by atoms with Crippen LogP contribution in [0.25, 0.3) is 10.9 Å². The summed E-state index contributed by atoms with van der Waals surface area (Å²) in [4.78, 5) is 65.7. The SMILES string of the molecule is CCc1cc2c(cc1N1CCC(N3CCN(CCCCCCCCCSc4cccc5c4CN(C4CCC(=O)NC4=O)C5=O)CC3)CC1)C(C)(C)c1[nH]c3cc(C#N)ccc3c1C2=O. The molecule has 1 aromatic heterocycles. The van der Waals surface area contributed by atoms with Crippen LogP contribution in [0.15, 0.2) is 53.4 Å². The highest BCUT2D eigenvalue weighted by Crippen LogP contribution is 2.46. The number of hydrogen-bond acceptors (Lipinski definition) is 9. The van der Waals surface area contributed by atoms with E-state index < -0.39 is 6.04 Å². The number of nitriles is 1. The molecule has 1 atom stereocenters. The lowest BCUT2D eigenvalue weighted by Gasteiger charge is -2.44. The average Bonchev–Trinajstić information content (AvgIpc) is 3.87. The number of aromatic amines is 1. The Kier molecular flexibility index (Phi) is 13.0. The number of rotatable bonds is 15.